The molecule has 2 heterocycles. The Bertz CT molecular complexity index is 1190. The molecule has 2 saturated heterocycles. The van der Waals surface area contributed by atoms with Crippen molar-refractivity contribution in [1.82, 2.24) is 20.5 Å². The number of sulfonamides is 1. The average molecular weight is 499 g/mol. The number of carbonyl (C=O) groups excluding carboxylic acids is 3. The van der Waals surface area contributed by atoms with E-state index in [1.165, 1.54) is 24.3 Å². The molecule has 33 heavy (non-hydrogen) atoms. The Morgan fingerprint density at radius 1 is 1.12 bits per heavy atom. The lowest BCUT2D eigenvalue weighted by atomic mass is 9.77. The van der Waals surface area contributed by atoms with Crippen LogP contribution in [-0.4, -0.2) is 62.8 Å². The number of hydrazine groups is 1. The van der Waals surface area contributed by atoms with Crippen molar-refractivity contribution in [2.75, 3.05) is 11.5 Å². The summed E-state index contributed by atoms with van der Waals surface area (Å²) >= 11 is 0. The van der Waals surface area contributed by atoms with Crippen molar-refractivity contribution in [3.63, 3.8) is 0 Å². The van der Waals surface area contributed by atoms with Gasteiger partial charge in [-0.1, -0.05) is 6.92 Å². The van der Waals surface area contributed by atoms with Crippen LogP contribution in [0.1, 0.15) is 49.4 Å². The van der Waals surface area contributed by atoms with Crippen molar-refractivity contribution in [3.8, 4) is 0 Å². The van der Waals surface area contributed by atoms with Gasteiger partial charge in [0, 0.05) is 11.6 Å². The standard InChI is InChI=1S/C20H26N4O7S2/c1-13-6-9-20(10-7-13)18(26)24(19(27)21-20)22-17(25)14-2-4-16(5-3-14)33(30,31)23-15-8-11-32(28,29)12-15/h2-5,13,15,23H,6-12H2,1H3,(H,21,27)(H,22,25). The highest BCUT2D eigenvalue weighted by Gasteiger charge is 2.53. The molecule has 3 aliphatic rings. The summed E-state index contributed by atoms with van der Waals surface area (Å²) in [6.07, 6.45) is 2.81. The summed E-state index contributed by atoms with van der Waals surface area (Å²) in [6.45, 7) is 2.09. The second-order valence-electron chi connectivity index (χ2n) is 9.02. The van der Waals surface area contributed by atoms with Crippen molar-refractivity contribution < 1.29 is 31.2 Å². The molecule has 0 radical (unpaired) electrons. The lowest BCUT2D eigenvalue weighted by Crippen LogP contribution is -2.51. The molecule has 2 aliphatic heterocycles. The van der Waals surface area contributed by atoms with E-state index >= 15 is 0 Å². The zero-order chi connectivity index (χ0) is 24.0. The number of nitrogens with zero attached hydrogens (tertiary/aromatic N) is 1. The summed E-state index contributed by atoms with van der Waals surface area (Å²) in [5.41, 5.74) is 1.36. The molecule has 180 valence electrons. The Balaban J connectivity index is 1.41. The number of carbonyl (C=O) groups is 3. The minimum Gasteiger partial charge on any atom is -0.322 e. The van der Waals surface area contributed by atoms with Crippen LogP contribution in [0.5, 0.6) is 0 Å². The number of sulfone groups is 1. The first-order valence-corrected chi connectivity index (χ1v) is 14.0. The van der Waals surface area contributed by atoms with E-state index in [2.05, 4.69) is 22.4 Å². The summed E-state index contributed by atoms with van der Waals surface area (Å²) < 4.78 is 50.5. The fraction of sp³-hybridized carbons (Fsp3) is 0.550. The third-order valence-corrected chi connectivity index (χ3v) is 9.79. The minimum absolute atomic E-state index is 0.0520. The normalized spacial score (nSPS) is 29.3. The molecule has 1 aromatic carbocycles. The van der Waals surface area contributed by atoms with Crippen LogP contribution in [0.15, 0.2) is 29.2 Å². The lowest BCUT2D eigenvalue weighted by Gasteiger charge is -2.33. The number of benzene rings is 1. The van der Waals surface area contributed by atoms with E-state index in [-0.39, 0.29) is 28.4 Å². The molecular formula is C20H26N4O7S2. The highest BCUT2D eigenvalue weighted by Crippen LogP contribution is 2.35. The SMILES string of the molecule is CC1CCC2(CC1)NC(=O)N(NC(=O)c1ccc(S(=O)(=O)NC3CCS(=O)(=O)C3)cc1)C2=O. The van der Waals surface area contributed by atoms with Gasteiger partial charge in [0.05, 0.1) is 16.4 Å². The number of urea groups is 1. The summed E-state index contributed by atoms with van der Waals surface area (Å²) in [4.78, 5) is 37.7. The van der Waals surface area contributed by atoms with Gasteiger partial charge in [-0.2, -0.15) is 5.01 Å². The number of nitrogens with one attached hydrogen (secondary N) is 3. The van der Waals surface area contributed by atoms with Gasteiger partial charge in [-0.15, -0.1) is 0 Å². The Morgan fingerprint density at radius 3 is 2.33 bits per heavy atom. The molecule has 1 atom stereocenters. The van der Waals surface area contributed by atoms with E-state index < -0.39 is 49.3 Å². The van der Waals surface area contributed by atoms with Gasteiger partial charge in [-0.25, -0.2) is 26.4 Å². The molecule has 13 heteroatoms. The summed E-state index contributed by atoms with van der Waals surface area (Å²) in [5.74, 6) is -1.09. The van der Waals surface area contributed by atoms with Crippen LogP contribution < -0.4 is 15.5 Å². The fourth-order valence-corrected chi connectivity index (χ4v) is 7.49. The van der Waals surface area contributed by atoms with Gasteiger partial charge in [0.2, 0.25) is 10.0 Å². The van der Waals surface area contributed by atoms with Gasteiger partial charge < -0.3 is 5.32 Å². The van der Waals surface area contributed by atoms with Gasteiger partial charge in [0.15, 0.2) is 9.84 Å². The maximum absolute atomic E-state index is 12.9. The molecule has 1 unspecified atom stereocenters. The van der Waals surface area contributed by atoms with E-state index in [0.29, 0.717) is 23.8 Å². The van der Waals surface area contributed by atoms with E-state index in [4.69, 9.17) is 0 Å². The second-order valence-corrected chi connectivity index (χ2v) is 13.0. The Hall–Kier alpha value is -2.51. The monoisotopic (exact) mass is 498 g/mol. The topological polar surface area (TPSA) is 159 Å². The molecule has 1 aliphatic carbocycles. The molecule has 1 saturated carbocycles. The molecule has 1 spiro atoms. The van der Waals surface area contributed by atoms with Gasteiger partial charge >= 0.3 is 6.03 Å². The van der Waals surface area contributed by atoms with E-state index in [1.807, 2.05) is 0 Å². The first-order chi connectivity index (χ1) is 15.4. The molecule has 4 rings (SSSR count). The van der Waals surface area contributed by atoms with Crippen LogP contribution in [0.25, 0.3) is 0 Å². The van der Waals surface area contributed by atoms with Crippen LogP contribution >= 0.6 is 0 Å². The van der Waals surface area contributed by atoms with Gasteiger partial charge in [-0.3, -0.25) is 15.0 Å². The van der Waals surface area contributed by atoms with E-state index in [1.54, 1.807) is 0 Å². The number of hydrogen-bond donors (Lipinski definition) is 3. The van der Waals surface area contributed by atoms with Crippen molar-refractivity contribution >= 4 is 37.7 Å². The highest BCUT2D eigenvalue weighted by atomic mass is 32.2. The van der Waals surface area contributed by atoms with Crippen LogP contribution in [0.3, 0.4) is 0 Å². The van der Waals surface area contributed by atoms with Crippen LogP contribution in [-0.2, 0) is 24.7 Å². The largest absolute Gasteiger partial charge is 0.344 e. The van der Waals surface area contributed by atoms with Crippen LogP contribution in [0, 0.1) is 5.92 Å². The molecule has 0 aromatic heterocycles. The van der Waals surface area contributed by atoms with Crippen molar-refractivity contribution in [3.05, 3.63) is 29.8 Å². The Kier molecular flexibility index (Phi) is 5.99. The molecule has 11 nitrogen and oxygen atoms in total. The van der Waals surface area contributed by atoms with E-state index in [9.17, 15) is 31.2 Å². The average Bonchev–Trinajstić information content (AvgIpc) is 3.20. The van der Waals surface area contributed by atoms with Gasteiger partial charge in [-0.05, 0) is 62.3 Å². The summed E-state index contributed by atoms with van der Waals surface area (Å²) in [6, 6.07) is 3.53. The minimum atomic E-state index is -3.97. The fourth-order valence-electron chi connectivity index (χ4n) is 4.44. The predicted molar refractivity (Wildman–Crippen MR) is 117 cm³/mol. The molecule has 3 fully saturated rings. The smallest absolute Gasteiger partial charge is 0.322 e. The first kappa shape index (κ1) is 23.6. The molecule has 0 bridgehead atoms. The molecule has 3 N–H and O–H groups in total. The molecule has 1 aromatic rings. The van der Waals surface area contributed by atoms with Crippen molar-refractivity contribution in [2.45, 2.75) is 55.5 Å². The quantitative estimate of drug-likeness (QED) is 0.492. The predicted octanol–water partition coefficient (Wildman–Crippen LogP) is 0.298. The zero-order valence-electron chi connectivity index (χ0n) is 18.0. The summed E-state index contributed by atoms with van der Waals surface area (Å²) in [7, 11) is -7.22. The Labute approximate surface area is 192 Å². The van der Waals surface area contributed by atoms with Gasteiger partial charge in [0.25, 0.3) is 11.8 Å². The number of imide groups is 1. The van der Waals surface area contributed by atoms with Crippen LogP contribution in [0.4, 0.5) is 4.79 Å². The van der Waals surface area contributed by atoms with Gasteiger partial charge in [0.1, 0.15) is 5.54 Å². The number of rotatable bonds is 5. The summed E-state index contributed by atoms with van der Waals surface area (Å²) in [5, 5.41) is 3.39. The van der Waals surface area contributed by atoms with Crippen molar-refractivity contribution in [1.29, 1.82) is 0 Å². The van der Waals surface area contributed by atoms with E-state index in [0.717, 1.165) is 12.8 Å². The van der Waals surface area contributed by atoms with Crippen molar-refractivity contribution in [2.24, 2.45) is 5.92 Å². The zero-order valence-corrected chi connectivity index (χ0v) is 19.7. The molecule has 4 amide bonds. The molecular weight excluding hydrogens is 472 g/mol. The maximum Gasteiger partial charge on any atom is 0.344 e. The Morgan fingerprint density at radius 2 is 1.76 bits per heavy atom. The lowest BCUT2D eigenvalue weighted by molar-refractivity contribution is -0.134. The number of hydrogen-bond acceptors (Lipinski definition) is 7. The number of amides is 4. The first-order valence-electron chi connectivity index (χ1n) is 10.7. The third-order valence-electron chi connectivity index (χ3n) is 6.48. The highest BCUT2D eigenvalue weighted by molar-refractivity contribution is 7.92. The van der Waals surface area contributed by atoms with Crippen LogP contribution in [0.2, 0.25) is 0 Å². The third kappa shape index (κ3) is 4.75. The second kappa shape index (κ2) is 8.37. The maximum atomic E-state index is 12.9.